The molecule has 0 radical (unpaired) electrons. The van der Waals surface area contributed by atoms with Crippen LogP contribution in [0.3, 0.4) is 0 Å². The van der Waals surface area contributed by atoms with Gasteiger partial charge in [0.1, 0.15) is 0 Å². The minimum Gasteiger partial charge on any atom is -0.335 e. The normalized spacial score (nSPS) is 15.1. The van der Waals surface area contributed by atoms with Gasteiger partial charge in [-0.25, -0.2) is 0 Å². The molecule has 0 saturated carbocycles. The number of rotatable bonds is 2. The van der Waals surface area contributed by atoms with E-state index in [1.54, 1.807) is 6.20 Å². The van der Waals surface area contributed by atoms with Crippen molar-refractivity contribution in [3.8, 4) is 0 Å². The zero-order chi connectivity index (χ0) is 14.1. The number of fused-ring (bicyclic) bond motifs is 1. The quantitative estimate of drug-likeness (QED) is 0.812. The zero-order valence-electron chi connectivity index (χ0n) is 10.6. The summed E-state index contributed by atoms with van der Waals surface area (Å²) in [5, 5.41) is 0. The van der Waals surface area contributed by atoms with E-state index in [9.17, 15) is 4.79 Å². The van der Waals surface area contributed by atoms with Crippen molar-refractivity contribution in [2.24, 2.45) is 0 Å². The summed E-state index contributed by atoms with van der Waals surface area (Å²) in [6.45, 7) is 2.30. The Balaban J connectivity index is 1.82. The van der Waals surface area contributed by atoms with E-state index in [1.807, 2.05) is 12.3 Å². The minimum absolute atomic E-state index is 0.0826. The van der Waals surface area contributed by atoms with E-state index >= 15 is 0 Å². The van der Waals surface area contributed by atoms with Gasteiger partial charge >= 0.3 is 0 Å². The molecule has 0 amide bonds. The molecule has 0 aromatic carbocycles. The molecule has 0 saturated heterocycles. The van der Waals surface area contributed by atoms with Gasteiger partial charge in [-0.05, 0) is 39.8 Å². The second kappa shape index (κ2) is 5.59. The number of aromatic amines is 2. The summed E-state index contributed by atoms with van der Waals surface area (Å²) in [7, 11) is 0. The third-order valence-electron chi connectivity index (χ3n) is 3.36. The van der Waals surface area contributed by atoms with Crippen LogP contribution in [-0.4, -0.2) is 26.4 Å². The molecule has 1 aliphatic rings. The van der Waals surface area contributed by atoms with Crippen molar-refractivity contribution in [2.45, 2.75) is 19.5 Å². The van der Waals surface area contributed by atoms with Gasteiger partial charge in [0, 0.05) is 48.6 Å². The fourth-order valence-electron chi connectivity index (χ4n) is 2.45. The number of nitrogens with one attached hydrogen (secondary N) is 2. The smallest absolute Gasteiger partial charge is 0.256 e. The molecule has 0 atom stereocenters. The highest BCUT2D eigenvalue weighted by atomic mass is 79.9. The minimum atomic E-state index is -0.0826. The highest BCUT2D eigenvalue weighted by molar-refractivity contribution is 9.10. The first kappa shape index (κ1) is 13.7. The first-order chi connectivity index (χ1) is 9.61. The molecule has 2 aromatic rings. The molecule has 3 heterocycles. The summed E-state index contributed by atoms with van der Waals surface area (Å²) in [4.78, 5) is 24.1. The predicted molar refractivity (Wildman–Crippen MR) is 82.0 cm³/mol. The van der Waals surface area contributed by atoms with Gasteiger partial charge in [0.25, 0.3) is 5.56 Å². The molecule has 0 fully saturated rings. The van der Waals surface area contributed by atoms with Crippen molar-refractivity contribution in [1.29, 1.82) is 0 Å². The van der Waals surface area contributed by atoms with Crippen LogP contribution in [0.15, 0.2) is 27.7 Å². The average molecular weight is 353 g/mol. The monoisotopic (exact) mass is 352 g/mol. The van der Waals surface area contributed by atoms with Crippen LogP contribution < -0.4 is 5.56 Å². The van der Waals surface area contributed by atoms with E-state index in [2.05, 4.69) is 35.8 Å². The summed E-state index contributed by atoms with van der Waals surface area (Å²) in [6.07, 6.45) is 4.42. The molecular formula is C13H13BrN4OS. The Kier molecular flexibility index (Phi) is 3.82. The van der Waals surface area contributed by atoms with E-state index in [4.69, 9.17) is 12.2 Å². The van der Waals surface area contributed by atoms with Gasteiger partial charge in [0.15, 0.2) is 4.77 Å². The van der Waals surface area contributed by atoms with Crippen molar-refractivity contribution < 1.29 is 0 Å². The van der Waals surface area contributed by atoms with Gasteiger partial charge in [-0.15, -0.1) is 0 Å². The molecule has 5 nitrogen and oxygen atoms in total. The fourth-order valence-corrected chi connectivity index (χ4v) is 3.08. The van der Waals surface area contributed by atoms with Crippen molar-refractivity contribution >= 4 is 28.1 Å². The molecule has 0 unspecified atom stereocenters. The Morgan fingerprint density at radius 3 is 3.05 bits per heavy atom. The molecule has 3 rings (SSSR count). The van der Waals surface area contributed by atoms with Gasteiger partial charge in [0.2, 0.25) is 0 Å². The summed E-state index contributed by atoms with van der Waals surface area (Å²) in [5.74, 6) is 0. The topological polar surface area (TPSA) is 64.8 Å². The molecule has 0 spiro atoms. The standard InChI is InChI=1S/C13H13BrN4OS/c14-9-3-8(4-15-5-9)6-18-2-1-11-10(7-18)12(19)17-13(20)16-11/h3-5H,1-2,6-7H2,(H2,16,17,19,20). The Hall–Kier alpha value is -1.31. The van der Waals surface area contributed by atoms with Crippen molar-refractivity contribution in [3.05, 3.63) is 54.9 Å². The lowest BCUT2D eigenvalue weighted by molar-refractivity contribution is 0.241. The van der Waals surface area contributed by atoms with E-state index < -0.39 is 0 Å². The van der Waals surface area contributed by atoms with Crippen LogP contribution >= 0.6 is 28.1 Å². The summed E-state index contributed by atoms with van der Waals surface area (Å²) in [5.41, 5.74) is 2.79. The fraction of sp³-hybridized carbons (Fsp3) is 0.308. The number of H-pyrrole nitrogens is 2. The molecule has 1 aliphatic heterocycles. The van der Waals surface area contributed by atoms with Crippen molar-refractivity contribution in [3.63, 3.8) is 0 Å². The number of pyridine rings is 1. The van der Waals surface area contributed by atoms with Crippen LogP contribution in [0.5, 0.6) is 0 Å². The lowest BCUT2D eigenvalue weighted by Crippen LogP contribution is -2.35. The second-order valence-electron chi connectivity index (χ2n) is 4.84. The Morgan fingerprint density at radius 1 is 1.40 bits per heavy atom. The van der Waals surface area contributed by atoms with Gasteiger partial charge in [-0.3, -0.25) is 19.7 Å². The van der Waals surface area contributed by atoms with Crippen LogP contribution in [0, 0.1) is 4.77 Å². The number of halogens is 1. The second-order valence-corrected chi connectivity index (χ2v) is 6.16. The Labute approximate surface area is 129 Å². The number of hydrogen-bond donors (Lipinski definition) is 2. The predicted octanol–water partition coefficient (Wildman–Crippen LogP) is 2.15. The maximum absolute atomic E-state index is 11.9. The third-order valence-corrected chi connectivity index (χ3v) is 4.00. The SMILES string of the molecule is O=c1[nH]c(=S)[nH]c2c1CN(Cc1cncc(Br)c1)CC2. The van der Waals surface area contributed by atoms with Crippen LogP contribution in [-0.2, 0) is 19.5 Å². The Bertz CT molecular complexity index is 755. The van der Waals surface area contributed by atoms with Crippen LogP contribution in [0.4, 0.5) is 0 Å². The van der Waals surface area contributed by atoms with E-state index in [0.29, 0.717) is 11.3 Å². The number of nitrogens with zero attached hydrogens (tertiary/aromatic N) is 2. The van der Waals surface area contributed by atoms with E-state index in [1.165, 1.54) is 0 Å². The highest BCUT2D eigenvalue weighted by Gasteiger charge is 2.19. The Morgan fingerprint density at radius 2 is 2.25 bits per heavy atom. The number of aromatic nitrogens is 3. The molecule has 20 heavy (non-hydrogen) atoms. The summed E-state index contributed by atoms with van der Waals surface area (Å²) < 4.78 is 1.37. The maximum Gasteiger partial charge on any atom is 0.256 e. The zero-order valence-corrected chi connectivity index (χ0v) is 13.1. The lowest BCUT2D eigenvalue weighted by atomic mass is 10.1. The molecule has 2 N–H and O–H groups in total. The first-order valence-electron chi connectivity index (χ1n) is 6.28. The van der Waals surface area contributed by atoms with Gasteiger partial charge in [-0.2, -0.15) is 0 Å². The largest absolute Gasteiger partial charge is 0.335 e. The van der Waals surface area contributed by atoms with E-state index in [0.717, 1.165) is 40.8 Å². The van der Waals surface area contributed by atoms with Crippen LogP contribution in [0.1, 0.15) is 16.8 Å². The molecule has 7 heteroatoms. The van der Waals surface area contributed by atoms with Crippen LogP contribution in [0.25, 0.3) is 0 Å². The molecule has 0 aliphatic carbocycles. The van der Waals surface area contributed by atoms with Gasteiger partial charge in [0.05, 0.1) is 5.56 Å². The van der Waals surface area contributed by atoms with E-state index in [-0.39, 0.29) is 5.56 Å². The van der Waals surface area contributed by atoms with Gasteiger partial charge in [-0.1, -0.05) is 0 Å². The number of hydrogen-bond acceptors (Lipinski definition) is 4. The van der Waals surface area contributed by atoms with Crippen molar-refractivity contribution in [2.75, 3.05) is 6.54 Å². The molecule has 0 bridgehead atoms. The maximum atomic E-state index is 11.9. The summed E-state index contributed by atoms with van der Waals surface area (Å²) >= 11 is 8.42. The lowest BCUT2D eigenvalue weighted by Gasteiger charge is -2.27. The molecule has 104 valence electrons. The highest BCUT2D eigenvalue weighted by Crippen LogP contribution is 2.17. The molecule has 2 aromatic heterocycles. The third kappa shape index (κ3) is 2.89. The first-order valence-corrected chi connectivity index (χ1v) is 7.48. The van der Waals surface area contributed by atoms with Crippen molar-refractivity contribution in [1.82, 2.24) is 19.9 Å². The summed E-state index contributed by atoms with van der Waals surface area (Å²) in [6, 6.07) is 2.05. The van der Waals surface area contributed by atoms with Crippen LogP contribution in [0.2, 0.25) is 0 Å². The molecular weight excluding hydrogens is 340 g/mol. The van der Waals surface area contributed by atoms with Gasteiger partial charge < -0.3 is 4.98 Å². The average Bonchev–Trinajstić information content (AvgIpc) is 2.39.